The quantitative estimate of drug-likeness (QED) is 0.595. The average Bonchev–Trinajstić information content (AvgIpc) is 3.20. The minimum absolute atomic E-state index is 0.559. The first-order valence-corrected chi connectivity index (χ1v) is 9.25. The number of carboxylic acid groups (broad SMARTS) is 2. The van der Waals surface area contributed by atoms with Crippen molar-refractivity contribution < 1.29 is 24.9 Å². The standard InChI is InChI=1S/C17H19N5.C4H6O5/c1-16(2,9-18)14-5-13(8-22-12-20-11-21-22)6-15(7-14)17(3,4)10-19;5-2(4(8)9)1-3(6)7/h5-7,11-12H,8H2,1-4H3;2,5H,1H2,(H,6,7)(H,8,9). The lowest BCUT2D eigenvalue weighted by Crippen LogP contribution is -2.22. The van der Waals surface area contributed by atoms with E-state index in [4.69, 9.17) is 15.3 Å². The van der Waals surface area contributed by atoms with Crippen LogP contribution in [0, 0.1) is 22.7 Å². The predicted octanol–water partition coefficient (Wildman–Crippen LogP) is 1.84. The molecule has 10 nitrogen and oxygen atoms in total. The van der Waals surface area contributed by atoms with E-state index >= 15 is 0 Å². The van der Waals surface area contributed by atoms with Crippen LogP contribution in [0.1, 0.15) is 50.8 Å². The summed E-state index contributed by atoms with van der Waals surface area (Å²) in [5.41, 5.74) is 1.60. The van der Waals surface area contributed by atoms with Crippen LogP contribution in [0.5, 0.6) is 0 Å². The Morgan fingerprint density at radius 2 is 1.58 bits per heavy atom. The number of nitrogens with zero attached hydrogens (tertiary/aromatic N) is 5. The van der Waals surface area contributed by atoms with Gasteiger partial charge in [0, 0.05) is 0 Å². The molecule has 31 heavy (non-hydrogen) atoms. The molecule has 1 aromatic carbocycles. The Hall–Kier alpha value is -3.76. The number of nitriles is 2. The molecule has 1 atom stereocenters. The van der Waals surface area contributed by atoms with Gasteiger partial charge in [0.15, 0.2) is 6.10 Å². The largest absolute Gasteiger partial charge is 0.481 e. The van der Waals surface area contributed by atoms with Crippen LogP contribution in [-0.2, 0) is 27.0 Å². The molecule has 0 radical (unpaired) electrons. The van der Waals surface area contributed by atoms with E-state index in [2.05, 4.69) is 22.2 Å². The van der Waals surface area contributed by atoms with Gasteiger partial charge in [-0.1, -0.05) is 18.2 Å². The Labute approximate surface area is 180 Å². The molecular formula is C21H25N5O5. The maximum atomic E-state index is 9.72. The average molecular weight is 427 g/mol. The Morgan fingerprint density at radius 1 is 1.06 bits per heavy atom. The zero-order chi connectivity index (χ0) is 23.8. The van der Waals surface area contributed by atoms with Crippen molar-refractivity contribution >= 4 is 11.9 Å². The minimum Gasteiger partial charge on any atom is -0.481 e. The second kappa shape index (κ2) is 10.3. The van der Waals surface area contributed by atoms with Crippen molar-refractivity contribution in [1.82, 2.24) is 14.8 Å². The van der Waals surface area contributed by atoms with Gasteiger partial charge >= 0.3 is 11.9 Å². The Balaban J connectivity index is 0.000000452. The first kappa shape index (κ1) is 25.3. The number of aliphatic hydroxyl groups is 1. The van der Waals surface area contributed by atoms with Crippen molar-refractivity contribution in [3.8, 4) is 12.1 Å². The maximum Gasteiger partial charge on any atom is 0.333 e. The smallest absolute Gasteiger partial charge is 0.333 e. The summed E-state index contributed by atoms with van der Waals surface area (Å²) in [6.07, 6.45) is 0.595. The fourth-order valence-corrected chi connectivity index (χ4v) is 2.39. The van der Waals surface area contributed by atoms with Crippen LogP contribution >= 0.6 is 0 Å². The van der Waals surface area contributed by atoms with Gasteiger partial charge in [-0.15, -0.1) is 0 Å². The molecule has 0 spiro atoms. The number of benzene rings is 1. The molecule has 0 aliphatic heterocycles. The SMILES string of the molecule is CC(C)(C#N)c1cc(Cn2cncn2)cc(C(C)(C)C#N)c1.O=C(O)CC(O)C(=O)O. The van der Waals surface area contributed by atoms with Crippen LogP contribution in [0.2, 0.25) is 0 Å². The number of aromatic nitrogens is 3. The topological polar surface area (TPSA) is 173 Å². The van der Waals surface area contributed by atoms with Crippen molar-refractivity contribution in [3.63, 3.8) is 0 Å². The summed E-state index contributed by atoms with van der Waals surface area (Å²) in [5.74, 6) is -2.85. The molecule has 1 heterocycles. The van der Waals surface area contributed by atoms with Gasteiger partial charge in [-0.25, -0.2) is 14.5 Å². The minimum atomic E-state index is -1.79. The van der Waals surface area contributed by atoms with E-state index in [0.29, 0.717) is 6.54 Å². The summed E-state index contributed by atoms with van der Waals surface area (Å²) in [7, 11) is 0. The number of carboxylic acids is 2. The molecule has 0 fully saturated rings. The van der Waals surface area contributed by atoms with Crippen LogP contribution in [0.25, 0.3) is 0 Å². The highest BCUT2D eigenvalue weighted by Gasteiger charge is 2.26. The monoisotopic (exact) mass is 427 g/mol. The number of carbonyl (C=O) groups is 2. The molecule has 3 N–H and O–H groups in total. The predicted molar refractivity (Wildman–Crippen MR) is 109 cm³/mol. The van der Waals surface area contributed by atoms with E-state index in [1.165, 1.54) is 6.33 Å². The van der Waals surface area contributed by atoms with E-state index in [1.807, 2.05) is 45.9 Å². The van der Waals surface area contributed by atoms with Crippen LogP contribution in [0.3, 0.4) is 0 Å². The van der Waals surface area contributed by atoms with Crippen LogP contribution in [0.4, 0.5) is 0 Å². The third-order valence-corrected chi connectivity index (χ3v) is 4.46. The number of aliphatic carboxylic acids is 2. The highest BCUT2D eigenvalue weighted by atomic mass is 16.4. The second-order valence-corrected chi connectivity index (χ2v) is 7.94. The molecule has 0 aliphatic carbocycles. The summed E-state index contributed by atoms with van der Waals surface area (Å²) >= 11 is 0. The lowest BCUT2D eigenvalue weighted by molar-refractivity contribution is -0.152. The highest BCUT2D eigenvalue weighted by Crippen LogP contribution is 2.30. The van der Waals surface area contributed by atoms with Crippen molar-refractivity contribution in [2.45, 2.75) is 57.6 Å². The Kier molecular flexibility index (Phi) is 8.42. The van der Waals surface area contributed by atoms with Gasteiger partial charge < -0.3 is 15.3 Å². The molecule has 0 saturated heterocycles. The molecule has 0 aliphatic rings. The number of rotatable bonds is 7. The van der Waals surface area contributed by atoms with Gasteiger partial charge in [0.25, 0.3) is 0 Å². The van der Waals surface area contributed by atoms with Crippen molar-refractivity contribution in [2.24, 2.45) is 0 Å². The molecule has 2 rings (SSSR count). The van der Waals surface area contributed by atoms with Crippen LogP contribution in [-0.4, -0.2) is 48.1 Å². The van der Waals surface area contributed by atoms with Gasteiger partial charge in [0.2, 0.25) is 0 Å². The van der Waals surface area contributed by atoms with E-state index < -0.39 is 35.3 Å². The summed E-state index contributed by atoms with van der Waals surface area (Å²) in [6.45, 7) is 8.08. The van der Waals surface area contributed by atoms with E-state index in [1.54, 1.807) is 11.0 Å². The van der Waals surface area contributed by atoms with Crippen LogP contribution in [0.15, 0.2) is 30.9 Å². The van der Waals surface area contributed by atoms with Gasteiger partial charge in [0.1, 0.15) is 12.7 Å². The maximum absolute atomic E-state index is 9.72. The van der Waals surface area contributed by atoms with Crippen molar-refractivity contribution in [2.75, 3.05) is 0 Å². The third kappa shape index (κ3) is 7.53. The molecule has 0 amide bonds. The second-order valence-electron chi connectivity index (χ2n) is 7.94. The first-order chi connectivity index (χ1) is 14.3. The zero-order valence-corrected chi connectivity index (χ0v) is 17.8. The first-order valence-electron chi connectivity index (χ1n) is 9.25. The number of hydrogen-bond donors (Lipinski definition) is 3. The summed E-state index contributed by atoms with van der Waals surface area (Å²) in [6, 6.07) is 10.6. The lowest BCUT2D eigenvalue weighted by Gasteiger charge is -2.23. The normalized spacial score (nSPS) is 12.0. The highest BCUT2D eigenvalue weighted by molar-refractivity contribution is 5.79. The zero-order valence-electron chi connectivity index (χ0n) is 17.8. The van der Waals surface area contributed by atoms with Gasteiger partial charge in [-0.2, -0.15) is 15.6 Å². The van der Waals surface area contributed by atoms with E-state index in [9.17, 15) is 20.1 Å². The number of aliphatic hydroxyl groups excluding tert-OH is 1. The van der Waals surface area contributed by atoms with Gasteiger partial charge in [-0.3, -0.25) is 4.79 Å². The van der Waals surface area contributed by atoms with E-state index in [0.717, 1.165) is 16.7 Å². The van der Waals surface area contributed by atoms with E-state index in [-0.39, 0.29) is 0 Å². The molecule has 1 aromatic heterocycles. The fourth-order valence-electron chi connectivity index (χ4n) is 2.39. The number of hydrogen-bond acceptors (Lipinski definition) is 7. The molecule has 2 aromatic rings. The van der Waals surface area contributed by atoms with Crippen molar-refractivity contribution in [1.29, 1.82) is 10.5 Å². The molecule has 10 heteroatoms. The summed E-state index contributed by atoms with van der Waals surface area (Å²) in [5, 5.41) is 47.1. The van der Waals surface area contributed by atoms with Crippen molar-refractivity contribution in [3.05, 3.63) is 47.5 Å². The van der Waals surface area contributed by atoms with Crippen LogP contribution < -0.4 is 0 Å². The Morgan fingerprint density at radius 3 is 1.90 bits per heavy atom. The molecule has 0 saturated carbocycles. The van der Waals surface area contributed by atoms with Gasteiger partial charge in [-0.05, 0) is 44.4 Å². The third-order valence-electron chi connectivity index (χ3n) is 4.46. The summed E-state index contributed by atoms with van der Waals surface area (Å²) in [4.78, 5) is 23.4. The fraction of sp³-hybridized carbons (Fsp3) is 0.429. The lowest BCUT2D eigenvalue weighted by atomic mass is 9.79. The molecule has 1 unspecified atom stereocenters. The Bertz CT molecular complexity index is 956. The molecule has 0 bridgehead atoms. The molecular weight excluding hydrogens is 402 g/mol. The summed E-state index contributed by atoms with van der Waals surface area (Å²) < 4.78 is 1.72. The van der Waals surface area contributed by atoms with Gasteiger partial charge in [0.05, 0.1) is 35.9 Å². The molecule has 164 valence electrons.